The number of carbonyl (C=O) groups is 1. The number of anilines is 2. The summed E-state index contributed by atoms with van der Waals surface area (Å²) in [5.74, 6) is 1.30. The molecule has 0 saturated carbocycles. The average molecular weight is 459 g/mol. The van der Waals surface area contributed by atoms with Gasteiger partial charge in [0.1, 0.15) is 18.1 Å². The summed E-state index contributed by atoms with van der Waals surface area (Å²) in [5, 5.41) is 1.86. The number of amides is 1. The third-order valence-corrected chi connectivity index (χ3v) is 5.81. The summed E-state index contributed by atoms with van der Waals surface area (Å²) < 4.78 is 11.2. The van der Waals surface area contributed by atoms with Crippen LogP contribution in [0.25, 0.3) is 10.8 Å². The van der Waals surface area contributed by atoms with Gasteiger partial charge in [0.2, 0.25) is 0 Å². The topological polar surface area (TPSA) is 38.8 Å². The fraction of sp³-hybridized carbons (Fsp3) is 0.0645. The molecule has 0 unspecified atom stereocenters. The number of nitrogens with zero attached hydrogens (tertiary/aromatic N) is 1. The second kappa shape index (κ2) is 10.1. The third kappa shape index (κ3) is 4.87. The molecule has 35 heavy (non-hydrogen) atoms. The molecule has 1 amide bonds. The standard InChI is InChI=1S/C31H24NO3/c1-34-27-18-14-25(15-19-27)32(31(33)30-13-7-11-24-10-5-6-12-29(24)30)26-16-20-28(21-17-26)35-22-23-8-3-2-4-9-23/h2-12,14-21H,22H2,1H3. The maximum absolute atomic E-state index is 13.9. The summed E-state index contributed by atoms with van der Waals surface area (Å²) in [5.41, 5.74) is 3.07. The van der Waals surface area contributed by atoms with Crippen LogP contribution in [0, 0.1) is 6.07 Å². The van der Waals surface area contributed by atoms with Crippen LogP contribution in [0.1, 0.15) is 15.9 Å². The minimum atomic E-state index is -0.162. The van der Waals surface area contributed by atoms with Crippen molar-refractivity contribution >= 4 is 28.1 Å². The van der Waals surface area contributed by atoms with Crippen molar-refractivity contribution in [2.75, 3.05) is 12.0 Å². The number of methoxy groups -OCH3 is 1. The molecule has 4 nitrogen and oxygen atoms in total. The van der Waals surface area contributed by atoms with Crippen molar-refractivity contribution in [3.8, 4) is 11.5 Å². The van der Waals surface area contributed by atoms with E-state index in [0.29, 0.717) is 12.2 Å². The lowest BCUT2D eigenvalue weighted by Gasteiger charge is -2.24. The van der Waals surface area contributed by atoms with Gasteiger partial charge in [-0.15, -0.1) is 0 Å². The molecule has 0 aliphatic carbocycles. The zero-order chi connectivity index (χ0) is 24.0. The van der Waals surface area contributed by atoms with Crippen molar-refractivity contribution < 1.29 is 14.3 Å². The number of benzene rings is 5. The lowest BCUT2D eigenvalue weighted by molar-refractivity contribution is 0.100. The van der Waals surface area contributed by atoms with Gasteiger partial charge < -0.3 is 9.47 Å². The largest absolute Gasteiger partial charge is 0.497 e. The van der Waals surface area contributed by atoms with Gasteiger partial charge in [-0.05, 0) is 70.9 Å². The molecule has 0 atom stereocenters. The van der Waals surface area contributed by atoms with Gasteiger partial charge in [0.25, 0.3) is 5.91 Å². The van der Waals surface area contributed by atoms with Crippen molar-refractivity contribution in [1.29, 1.82) is 0 Å². The van der Waals surface area contributed by atoms with E-state index in [2.05, 4.69) is 6.07 Å². The monoisotopic (exact) mass is 458 g/mol. The molecule has 0 heterocycles. The van der Waals surface area contributed by atoms with E-state index in [9.17, 15) is 4.79 Å². The molecular formula is C31H24NO3. The van der Waals surface area contributed by atoms with Gasteiger partial charge in [0.05, 0.1) is 12.7 Å². The molecule has 5 rings (SSSR count). The normalized spacial score (nSPS) is 10.7. The Hall–Kier alpha value is -4.57. The Morgan fingerprint density at radius 2 is 1.37 bits per heavy atom. The van der Waals surface area contributed by atoms with Crippen molar-refractivity contribution in [2.45, 2.75) is 6.61 Å². The molecule has 4 heteroatoms. The number of ether oxygens (including phenoxy) is 2. The van der Waals surface area contributed by atoms with Gasteiger partial charge in [-0.1, -0.05) is 66.7 Å². The van der Waals surface area contributed by atoms with E-state index in [1.807, 2.05) is 109 Å². The van der Waals surface area contributed by atoms with E-state index in [1.165, 1.54) is 0 Å². The van der Waals surface area contributed by atoms with Crippen LogP contribution in [0.4, 0.5) is 11.4 Å². The van der Waals surface area contributed by atoms with Crippen LogP contribution in [0.3, 0.4) is 0 Å². The predicted octanol–water partition coefficient (Wildman–Crippen LogP) is 7.21. The molecular weight excluding hydrogens is 434 g/mol. The highest BCUT2D eigenvalue weighted by atomic mass is 16.5. The van der Waals surface area contributed by atoms with E-state index in [1.54, 1.807) is 18.1 Å². The molecule has 5 aromatic carbocycles. The third-order valence-electron chi connectivity index (χ3n) is 5.81. The number of hydrogen-bond donors (Lipinski definition) is 0. The van der Waals surface area contributed by atoms with Crippen LogP contribution in [0.5, 0.6) is 11.5 Å². The smallest absolute Gasteiger partial charge is 0.264 e. The number of hydrogen-bond acceptors (Lipinski definition) is 3. The molecule has 0 saturated heterocycles. The molecule has 1 radical (unpaired) electrons. The molecule has 0 aliphatic rings. The minimum absolute atomic E-state index is 0.162. The molecule has 5 aromatic rings. The average Bonchev–Trinajstić information content (AvgIpc) is 2.93. The SMILES string of the molecule is COc1ccc(N(C(=O)c2[c]ccc3ccccc23)c2ccc(OCc3ccccc3)cc2)cc1. The van der Waals surface area contributed by atoms with Crippen LogP contribution in [-0.4, -0.2) is 13.0 Å². The summed E-state index contributed by atoms with van der Waals surface area (Å²) >= 11 is 0. The Bertz CT molecular complexity index is 1420. The molecule has 0 fully saturated rings. The van der Waals surface area contributed by atoms with E-state index >= 15 is 0 Å². The second-order valence-corrected chi connectivity index (χ2v) is 8.05. The minimum Gasteiger partial charge on any atom is -0.497 e. The fourth-order valence-corrected chi connectivity index (χ4v) is 4.00. The second-order valence-electron chi connectivity index (χ2n) is 8.05. The van der Waals surface area contributed by atoms with Crippen LogP contribution in [0.2, 0.25) is 0 Å². The zero-order valence-corrected chi connectivity index (χ0v) is 19.3. The van der Waals surface area contributed by atoms with Crippen molar-refractivity contribution in [2.24, 2.45) is 0 Å². The van der Waals surface area contributed by atoms with Gasteiger partial charge >= 0.3 is 0 Å². The van der Waals surface area contributed by atoms with E-state index in [4.69, 9.17) is 9.47 Å². The highest BCUT2D eigenvalue weighted by Gasteiger charge is 2.22. The molecule has 0 bridgehead atoms. The molecule has 171 valence electrons. The van der Waals surface area contributed by atoms with Gasteiger partial charge in [-0.25, -0.2) is 0 Å². The quantitative estimate of drug-likeness (QED) is 0.259. The number of rotatable bonds is 7. The Morgan fingerprint density at radius 1 is 0.743 bits per heavy atom. The Kier molecular flexibility index (Phi) is 6.44. The molecule has 0 aromatic heterocycles. The lowest BCUT2D eigenvalue weighted by Crippen LogP contribution is -2.26. The predicted molar refractivity (Wildman–Crippen MR) is 139 cm³/mol. The van der Waals surface area contributed by atoms with E-state index in [-0.39, 0.29) is 5.91 Å². The lowest BCUT2D eigenvalue weighted by atomic mass is 10.0. The summed E-state index contributed by atoms with van der Waals surface area (Å²) in [6.45, 7) is 0.478. The Morgan fingerprint density at radius 3 is 2.06 bits per heavy atom. The highest BCUT2D eigenvalue weighted by molar-refractivity contribution is 6.17. The Labute approximate surface area is 205 Å². The first kappa shape index (κ1) is 22.2. The summed E-state index contributed by atoms with van der Waals surface area (Å²) in [4.78, 5) is 15.6. The van der Waals surface area contributed by atoms with E-state index < -0.39 is 0 Å². The highest BCUT2D eigenvalue weighted by Crippen LogP contribution is 2.32. The zero-order valence-electron chi connectivity index (χ0n) is 19.3. The summed E-state index contributed by atoms with van der Waals surface area (Å²) in [6.07, 6.45) is 0. The molecule has 0 N–H and O–H groups in total. The Balaban J connectivity index is 1.49. The van der Waals surface area contributed by atoms with Gasteiger partial charge in [-0.3, -0.25) is 9.69 Å². The van der Waals surface area contributed by atoms with Crippen LogP contribution < -0.4 is 14.4 Å². The first-order valence-corrected chi connectivity index (χ1v) is 11.4. The van der Waals surface area contributed by atoms with Crippen LogP contribution in [-0.2, 0) is 6.61 Å². The van der Waals surface area contributed by atoms with Gasteiger partial charge in [0.15, 0.2) is 0 Å². The van der Waals surface area contributed by atoms with Gasteiger partial charge in [0, 0.05) is 11.4 Å². The molecule has 0 spiro atoms. The van der Waals surface area contributed by atoms with Crippen molar-refractivity contribution in [1.82, 2.24) is 0 Å². The van der Waals surface area contributed by atoms with Crippen LogP contribution in [0.15, 0.2) is 115 Å². The first-order chi connectivity index (χ1) is 17.2. The fourth-order valence-electron chi connectivity index (χ4n) is 4.00. The summed E-state index contributed by atoms with van der Waals surface area (Å²) in [6, 6.07) is 39.8. The van der Waals surface area contributed by atoms with E-state index in [0.717, 1.165) is 39.2 Å². The maximum Gasteiger partial charge on any atom is 0.264 e. The maximum atomic E-state index is 13.9. The van der Waals surface area contributed by atoms with Gasteiger partial charge in [-0.2, -0.15) is 0 Å². The van der Waals surface area contributed by atoms with Crippen molar-refractivity contribution in [3.05, 3.63) is 132 Å². The number of carbonyl (C=O) groups excluding carboxylic acids is 1. The first-order valence-electron chi connectivity index (χ1n) is 11.4. The summed E-state index contributed by atoms with van der Waals surface area (Å²) in [7, 11) is 1.62. The molecule has 0 aliphatic heterocycles. The van der Waals surface area contributed by atoms with Crippen LogP contribution >= 0.6 is 0 Å². The number of fused-ring (bicyclic) bond motifs is 1. The van der Waals surface area contributed by atoms with Crippen molar-refractivity contribution in [3.63, 3.8) is 0 Å².